The summed E-state index contributed by atoms with van der Waals surface area (Å²) in [5.74, 6) is 0.219. The van der Waals surface area contributed by atoms with Crippen LogP contribution in [0.5, 0.6) is 0 Å². The van der Waals surface area contributed by atoms with Crippen molar-refractivity contribution < 1.29 is 4.79 Å². The van der Waals surface area contributed by atoms with Crippen molar-refractivity contribution in [1.29, 1.82) is 0 Å². The summed E-state index contributed by atoms with van der Waals surface area (Å²) in [4.78, 5) is 11.1. The van der Waals surface area contributed by atoms with Crippen LogP contribution in [0.25, 0.3) is 0 Å². The normalized spacial score (nSPS) is 12.4. The lowest BCUT2D eigenvalue weighted by Crippen LogP contribution is -2.18. The zero-order valence-corrected chi connectivity index (χ0v) is 10.4. The van der Waals surface area contributed by atoms with E-state index in [9.17, 15) is 4.79 Å². The van der Waals surface area contributed by atoms with E-state index in [2.05, 4.69) is 36.5 Å². The minimum Gasteiger partial charge on any atom is -0.313 e. The Balaban J connectivity index is 2.73. The molecule has 0 radical (unpaired) electrons. The summed E-state index contributed by atoms with van der Waals surface area (Å²) in [6.07, 6.45) is 2.85. The van der Waals surface area contributed by atoms with Gasteiger partial charge in [-0.05, 0) is 31.5 Å². The number of rotatable bonds is 6. The smallest absolute Gasteiger partial charge is 0.131 e. The summed E-state index contributed by atoms with van der Waals surface area (Å²) in [5.41, 5.74) is 2.56. The van der Waals surface area contributed by atoms with Crippen molar-refractivity contribution in [3.63, 3.8) is 0 Å². The zero-order valence-electron chi connectivity index (χ0n) is 10.4. The molecule has 2 nitrogen and oxygen atoms in total. The van der Waals surface area contributed by atoms with Crippen LogP contribution in [0.1, 0.15) is 43.9 Å². The van der Waals surface area contributed by atoms with Gasteiger partial charge in [0.25, 0.3) is 0 Å². The van der Waals surface area contributed by atoms with Crippen LogP contribution in [-0.4, -0.2) is 12.8 Å². The average molecular weight is 219 g/mol. The molecule has 0 saturated carbocycles. The molecule has 1 aromatic rings. The van der Waals surface area contributed by atoms with Crippen LogP contribution in [0.4, 0.5) is 0 Å². The Morgan fingerprint density at radius 3 is 2.38 bits per heavy atom. The summed E-state index contributed by atoms with van der Waals surface area (Å²) in [5, 5.41) is 3.18. The number of carbonyl (C=O) groups excluding carboxylic acids is 1. The molecule has 0 spiro atoms. The topological polar surface area (TPSA) is 29.1 Å². The molecule has 0 amide bonds. The van der Waals surface area contributed by atoms with Crippen molar-refractivity contribution in [3.8, 4) is 0 Å². The Hall–Kier alpha value is -1.15. The molecule has 1 atom stereocenters. The van der Waals surface area contributed by atoms with Gasteiger partial charge < -0.3 is 5.32 Å². The van der Waals surface area contributed by atoms with E-state index in [0.717, 1.165) is 6.42 Å². The first-order valence-electron chi connectivity index (χ1n) is 5.93. The molecule has 1 N–H and O–H groups in total. The van der Waals surface area contributed by atoms with Crippen LogP contribution < -0.4 is 5.32 Å². The number of Topliss-reactive ketones (excluding diaryl/α,β-unsaturated/α-hetero) is 1. The van der Waals surface area contributed by atoms with Gasteiger partial charge in [-0.3, -0.25) is 4.79 Å². The molecule has 0 bridgehead atoms. The van der Waals surface area contributed by atoms with Gasteiger partial charge in [0.15, 0.2) is 0 Å². The van der Waals surface area contributed by atoms with Crippen molar-refractivity contribution in [2.45, 2.75) is 39.2 Å². The largest absolute Gasteiger partial charge is 0.313 e. The third kappa shape index (κ3) is 3.78. The van der Waals surface area contributed by atoms with Crippen molar-refractivity contribution in [1.82, 2.24) is 5.32 Å². The lowest BCUT2D eigenvalue weighted by Gasteiger charge is -2.15. The second kappa shape index (κ2) is 6.44. The highest BCUT2D eigenvalue weighted by Crippen LogP contribution is 2.17. The molecular formula is C14H21NO. The molecule has 1 aromatic carbocycles. The van der Waals surface area contributed by atoms with Gasteiger partial charge in [0.1, 0.15) is 5.78 Å². The molecule has 0 fully saturated rings. The number of aryl methyl sites for hydroxylation is 1. The van der Waals surface area contributed by atoms with Gasteiger partial charge in [-0.25, -0.2) is 0 Å². The standard InChI is InChI=1S/C14H21NO/c1-4-5-12-6-8-13(9-7-12)14(15-3)10-11(2)16/h6-9,14-15H,4-5,10H2,1-3H3. The van der Waals surface area contributed by atoms with Gasteiger partial charge >= 0.3 is 0 Å². The van der Waals surface area contributed by atoms with Gasteiger partial charge in [0, 0.05) is 12.5 Å². The molecule has 0 aromatic heterocycles. The summed E-state index contributed by atoms with van der Waals surface area (Å²) in [7, 11) is 1.90. The molecule has 88 valence electrons. The first-order valence-corrected chi connectivity index (χ1v) is 5.93. The fourth-order valence-corrected chi connectivity index (χ4v) is 1.88. The van der Waals surface area contributed by atoms with E-state index in [1.807, 2.05) is 7.05 Å². The van der Waals surface area contributed by atoms with Crippen molar-refractivity contribution in [2.75, 3.05) is 7.05 Å². The molecule has 0 aliphatic rings. The molecular weight excluding hydrogens is 198 g/mol. The molecule has 2 heteroatoms. The minimum atomic E-state index is 0.146. The maximum Gasteiger partial charge on any atom is 0.131 e. The second-order valence-corrected chi connectivity index (χ2v) is 4.24. The maximum absolute atomic E-state index is 11.1. The van der Waals surface area contributed by atoms with Crippen molar-refractivity contribution in [3.05, 3.63) is 35.4 Å². The van der Waals surface area contributed by atoms with E-state index >= 15 is 0 Å². The van der Waals surface area contributed by atoms with Gasteiger partial charge in [-0.1, -0.05) is 37.6 Å². The number of ketones is 1. The van der Waals surface area contributed by atoms with E-state index in [0.29, 0.717) is 6.42 Å². The number of benzene rings is 1. The Kier molecular flexibility index (Phi) is 5.20. The summed E-state index contributed by atoms with van der Waals surface area (Å²) < 4.78 is 0. The summed E-state index contributed by atoms with van der Waals surface area (Å²) in [6, 6.07) is 8.70. The van der Waals surface area contributed by atoms with Crippen LogP contribution in [-0.2, 0) is 11.2 Å². The molecule has 0 saturated heterocycles. The highest BCUT2D eigenvalue weighted by molar-refractivity contribution is 5.76. The Bertz CT molecular complexity index is 329. The Labute approximate surface area is 98.1 Å². The fourth-order valence-electron chi connectivity index (χ4n) is 1.88. The first kappa shape index (κ1) is 12.9. The van der Waals surface area contributed by atoms with Crippen LogP contribution in [0.2, 0.25) is 0 Å². The number of carbonyl (C=O) groups is 1. The third-order valence-electron chi connectivity index (χ3n) is 2.76. The van der Waals surface area contributed by atoms with E-state index < -0.39 is 0 Å². The van der Waals surface area contributed by atoms with E-state index in [4.69, 9.17) is 0 Å². The van der Waals surface area contributed by atoms with E-state index in [-0.39, 0.29) is 11.8 Å². The average Bonchev–Trinajstić information content (AvgIpc) is 2.27. The highest BCUT2D eigenvalue weighted by atomic mass is 16.1. The first-order chi connectivity index (χ1) is 7.67. The molecule has 1 rings (SSSR count). The predicted octanol–water partition coefficient (Wildman–Crippen LogP) is 2.88. The van der Waals surface area contributed by atoms with Crippen LogP contribution in [0.3, 0.4) is 0 Å². The molecule has 0 heterocycles. The van der Waals surface area contributed by atoms with E-state index in [1.165, 1.54) is 17.5 Å². The maximum atomic E-state index is 11.1. The van der Waals surface area contributed by atoms with Crippen LogP contribution in [0, 0.1) is 0 Å². The van der Waals surface area contributed by atoms with Gasteiger partial charge in [-0.2, -0.15) is 0 Å². The lowest BCUT2D eigenvalue weighted by atomic mass is 9.99. The van der Waals surface area contributed by atoms with Gasteiger partial charge in [0.05, 0.1) is 0 Å². The molecule has 16 heavy (non-hydrogen) atoms. The molecule has 0 aliphatic heterocycles. The quantitative estimate of drug-likeness (QED) is 0.797. The molecule has 0 aliphatic carbocycles. The minimum absolute atomic E-state index is 0.146. The number of hydrogen-bond acceptors (Lipinski definition) is 2. The van der Waals surface area contributed by atoms with Crippen LogP contribution in [0.15, 0.2) is 24.3 Å². The summed E-state index contributed by atoms with van der Waals surface area (Å²) in [6.45, 7) is 3.82. The Morgan fingerprint density at radius 1 is 1.31 bits per heavy atom. The van der Waals surface area contributed by atoms with Gasteiger partial charge in [-0.15, -0.1) is 0 Å². The zero-order chi connectivity index (χ0) is 12.0. The van der Waals surface area contributed by atoms with Crippen molar-refractivity contribution in [2.24, 2.45) is 0 Å². The SMILES string of the molecule is CCCc1ccc(C(CC(C)=O)NC)cc1. The summed E-state index contributed by atoms with van der Waals surface area (Å²) >= 11 is 0. The number of nitrogens with one attached hydrogen (secondary N) is 1. The van der Waals surface area contributed by atoms with E-state index in [1.54, 1.807) is 6.92 Å². The lowest BCUT2D eigenvalue weighted by molar-refractivity contribution is -0.117. The monoisotopic (exact) mass is 219 g/mol. The van der Waals surface area contributed by atoms with Crippen LogP contribution >= 0.6 is 0 Å². The van der Waals surface area contributed by atoms with Crippen molar-refractivity contribution >= 4 is 5.78 Å². The predicted molar refractivity (Wildman–Crippen MR) is 67.5 cm³/mol. The Morgan fingerprint density at radius 2 is 1.94 bits per heavy atom. The highest BCUT2D eigenvalue weighted by Gasteiger charge is 2.10. The fraction of sp³-hybridized carbons (Fsp3) is 0.500. The van der Waals surface area contributed by atoms with Gasteiger partial charge in [0.2, 0.25) is 0 Å². The third-order valence-corrected chi connectivity index (χ3v) is 2.76. The molecule has 1 unspecified atom stereocenters. The second-order valence-electron chi connectivity index (χ2n) is 4.24. The number of hydrogen-bond donors (Lipinski definition) is 1.